The Kier molecular flexibility index (Phi) is 3.91. The van der Waals surface area contributed by atoms with Gasteiger partial charge >= 0.3 is 5.97 Å². The minimum Gasteiger partial charge on any atom is -0.481 e. The van der Waals surface area contributed by atoms with Gasteiger partial charge in [0.1, 0.15) is 6.42 Å². The van der Waals surface area contributed by atoms with Gasteiger partial charge in [-0.25, -0.2) is 0 Å². The normalized spacial score (nSPS) is 9.93. The van der Waals surface area contributed by atoms with Gasteiger partial charge in [-0.3, -0.25) is 9.59 Å². The molecule has 82 valence electrons. The standard InChI is InChI=1S/C10H14N2O3/c1-12(9(13)6-10(14)15)5-3-8-2-4-11-7-8/h2,4,7,11H,3,5-6H2,1H3,(H,14,15). The highest BCUT2D eigenvalue weighted by Crippen LogP contribution is 2.00. The van der Waals surface area contributed by atoms with Gasteiger partial charge in [-0.1, -0.05) is 0 Å². The third kappa shape index (κ3) is 3.84. The third-order valence-corrected chi connectivity index (χ3v) is 2.13. The number of aliphatic carboxylic acids is 1. The van der Waals surface area contributed by atoms with Crippen LogP contribution in [0.15, 0.2) is 18.5 Å². The van der Waals surface area contributed by atoms with Gasteiger partial charge in [-0.15, -0.1) is 0 Å². The predicted octanol–water partition coefficient (Wildman–Crippen LogP) is 0.490. The summed E-state index contributed by atoms with van der Waals surface area (Å²) in [6, 6.07) is 1.93. The molecule has 0 unspecified atom stereocenters. The molecule has 0 fully saturated rings. The van der Waals surface area contributed by atoms with Crippen LogP contribution in [0.3, 0.4) is 0 Å². The number of hydrogen-bond acceptors (Lipinski definition) is 2. The lowest BCUT2D eigenvalue weighted by Crippen LogP contribution is -2.30. The summed E-state index contributed by atoms with van der Waals surface area (Å²) >= 11 is 0. The first-order valence-corrected chi connectivity index (χ1v) is 4.67. The predicted molar refractivity (Wildman–Crippen MR) is 54.4 cm³/mol. The van der Waals surface area contributed by atoms with E-state index in [1.54, 1.807) is 7.05 Å². The second kappa shape index (κ2) is 5.19. The zero-order valence-electron chi connectivity index (χ0n) is 8.56. The fraction of sp³-hybridized carbons (Fsp3) is 0.400. The first-order valence-electron chi connectivity index (χ1n) is 4.67. The number of rotatable bonds is 5. The number of likely N-dealkylation sites (N-methyl/N-ethyl adjacent to an activating group) is 1. The van der Waals surface area contributed by atoms with Crippen LogP contribution >= 0.6 is 0 Å². The van der Waals surface area contributed by atoms with Crippen LogP contribution in [0.4, 0.5) is 0 Å². The highest BCUT2D eigenvalue weighted by atomic mass is 16.4. The zero-order valence-corrected chi connectivity index (χ0v) is 8.56. The Morgan fingerprint density at radius 2 is 2.27 bits per heavy atom. The van der Waals surface area contributed by atoms with Crippen molar-refractivity contribution in [3.63, 3.8) is 0 Å². The number of nitrogens with zero attached hydrogens (tertiary/aromatic N) is 1. The lowest BCUT2D eigenvalue weighted by molar-refractivity contribution is -0.143. The lowest BCUT2D eigenvalue weighted by Gasteiger charge is -2.15. The molecule has 0 bridgehead atoms. The van der Waals surface area contributed by atoms with Crippen LogP contribution in [0.25, 0.3) is 0 Å². The maximum atomic E-state index is 11.3. The number of carbonyl (C=O) groups is 2. The average molecular weight is 210 g/mol. The largest absolute Gasteiger partial charge is 0.481 e. The third-order valence-electron chi connectivity index (χ3n) is 2.13. The minimum atomic E-state index is -1.09. The van der Waals surface area contributed by atoms with Crippen molar-refractivity contribution in [3.05, 3.63) is 24.0 Å². The van der Waals surface area contributed by atoms with Crippen LogP contribution in [0.1, 0.15) is 12.0 Å². The molecule has 5 heteroatoms. The first kappa shape index (κ1) is 11.3. The Hall–Kier alpha value is -1.78. The molecule has 5 nitrogen and oxygen atoms in total. The monoisotopic (exact) mass is 210 g/mol. The van der Waals surface area contributed by atoms with E-state index >= 15 is 0 Å². The molecule has 2 N–H and O–H groups in total. The van der Waals surface area contributed by atoms with E-state index in [9.17, 15) is 9.59 Å². The number of carboxylic acid groups (broad SMARTS) is 1. The zero-order chi connectivity index (χ0) is 11.3. The number of H-pyrrole nitrogens is 1. The number of hydrogen-bond donors (Lipinski definition) is 2. The molecule has 0 aromatic carbocycles. The Morgan fingerprint density at radius 1 is 1.53 bits per heavy atom. The van der Waals surface area contributed by atoms with Crippen LogP contribution in [0, 0.1) is 0 Å². The maximum absolute atomic E-state index is 11.3. The molecule has 1 rings (SSSR count). The number of carbonyl (C=O) groups excluding carboxylic acids is 1. The van der Waals surface area contributed by atoms with E-state index in [-0.39, 0.29) is 5.91 Å². The van der Waals surface area contributed by atoms with E-state index in [0.29, 0.717) is 6.54 Å². The summed E-state index contributed by atoms with van der Waals surface area (Å²) in [7, 11) is 1.61. The van der Waals surface area contributed by atoms with E-state index in [1.165, 1.54) is 4.90 Å². The van der Waals surface area contributed by atoms with Gasteiger partial charge in [0.05, 0.1) is 0 Å². The van der Waals surface area contributed by atoms with Crippen molar-refractivity contribution < 1.29 is 14.7 Å². The van der Waals surface area contributed by atoms with Crippen molar-refractivity contribution in [2.24, 2.45) is 0 Å². The SMILES string of the molecule is CN(CCc1cc[nH]c1)C(=O)CC(=O)O. The van der Waals surface area contributed by atoms with Gasteiger partial charge in [0, 0.05) is 26.0 Å². The molecule has 0 aliphatic rings. The summed E-state index contributed by atoms with van der Waals surface area (Å²) in [5, 5.41) is 8.43. The molecule has 0 saturated carbocycles. The van der Waals surface area contributed by atoms with Crippen molar-refractivity contribution in [2.75, 3.05) is 13.6 Å². The average Bonchev–Trinajstić information content (AvgIpc) is 2.65. The molecule has 0 radical (unpaired) electrons. The molecule has 1 amide bonds. The van der Waals surface area contributed by atoms with Crippen LogP contribution < -0.4 is 0 Å². The summed E-state index contributed by atoms with van der Waals surface area (Å²) in [6.45, 7) is 0.532. The van der Waals surface area contributed by atoms with Crippen molar-refractivity contribution >= 4 is 11.9 Å². The van der Waals surface area contributed by atoms with Gasteiger partial charge in [-0.2, -0.15) is 0 Å². The molecule has 1 heterocycles. The summed E-state index contributed by atoms with van der Waals surface area (Å²) < 4.78 is 0. The number of aromatic amines is 1. The van der Waals surface area contributed by atoms with Gasteiger partial charge in [0.15, 0.2) is 0 Å². The van der Waals surface area contributed by atoms with Crippen molar-refractivity contribution in [2.45, 2.75) is 12.8 Å². The van der Waals surface area contributed by atoms with Gasteiger partial charge in [0.25, 0.3) is 0 Å². The Balaban J connectivity index is 2.32. The fourth-order valence-electron chi connectivity index (χ4n) is 1.20. The number of amides is 1. The molecule has 0 aliphatic heterocycles. The highest BCUT2D eigenvalue weighted by molar-refractivity contribution is 5.93. The lowest BCUT2D eigenvalue weighted by atomic mass is 10.2. The molecule has 0 spiro atoms. The van der Waals surface area contributed by atoms with E-state index in [0.717, 1.165) is 12.0 Å². The van der Waals surface area contributed by atoms with Crippen LogP contribution in [-0.2, 0) is 16.0 Å². The smallest absolute Gasteiger partial charge is 0.312 e. The molecule has 0 atom stereocenters. The van der Waals surface area contributed by atoms with E-state index in [4.69, 9.17) is 5.11 Å². The van der Waals surface area contributed by atoms with Gasteiger partial charge in [0.2, 0.25) is 5.91 Å². The summed E-state index contributed by atoms with van der Waals surface area (Å²) in [6.07, 6.45) is 3.96. The van der Waals surface area contributed by atoms with Gasteiger partial charge in [-0.05, 0) is 18.1 Å². The van der Waals surface area contributed by atoms with E-state index in [1.807, 2.05) is 18.5 Å². The molecule has 0 saturated heterocycles. The Bertz CT molecular complexity index is 332. The minimum absolute atomic E-state index is 0.363. The summed E-state index contributed by atoms with van der Waals surface area (Å²) in [4.78, 5) is 25.9. The number of aromatic nitrogens is 1. The molecule has 1 aromatic rings. The number of carboxylic acids is 1. The Labute approximate surface area is 87.7 Å². The summed E-state index contributed by atoms with van der Waals surface area (Å²) in [5.41, 5.74) is 1.10. The van der Waals surface area contributed by atoms with Gasteiger partial charge < -0.3 is 15.0 Å². The second-order valence-electron chi connectivity index (χ2n) is 3.36. The number of nitrogens with one attached hydrogen (secondary N) is 1. The highest BCUT2D eigenvalue weighted by Gasteiger charge is 2.12. The van der Waals surface area contributed by atoms with Crippen LogP contribution in [0.5, 0.6) is 0 Å². The molecule has 15 heavy (non-hydrogen) atoms. The molecule has 0 aliphatic carbocycles. The molecular formula is C10H14N2O3. The molecular weight excluding hydrogens is 196 g/mol. The Morgan fingerprint density at radius 3 is 2.80 bits per heavy atom. The van der Waals surface area contributed by atoms with Crippen LogP contribution in [-0.4, -0.2) is 40.5 Å². The fourth-order valence-corrected chi connectivity index (χ4v) is 1.20. The quantitative estimate of drug-likeness (QED) is 0.694. The van der Waals surface area contributed by atoms with E-state index in [2.05, 4.69) is 4.98 Å². The van der Waals surface area contributed by atoms with Crippen molar-refractivity contribution in [3.8, 4) is 0 Å². The second-order valence-corrected chi connectivity index (χ2v) is 3.36. The van der Waals surface area contributed by atoms with Crippen LogP contribution in [0.2, 0.25) is 0 Å². The maximum Gasteiger partial charge on any atom is 0.312 e. The first-order chi connectivity index (χ1) is 7.09. The van der Waals surface area contributed by atoms with Crippen molar-refractivity contribution in [1.29, 1.82) is 0 Å². The van der Waals surface area contributed by atoms with Crippen molar-refractivity contribution in [1.82, 2.24) is 9.88 Å². The molecule has 1 aromatic heterocycles. The topological polar surface area (TPSA) is 73.4 Å². The van der Waals surface area contributed by atoms with E-state index < -0.39 is 12.4 Å². The summed E-state index contributed by atoms with van der Waals surface area (Å²) in [5.74, 6) is -1.45.